The van der Waals surface area contributed by atoms with E-state index >= 15 is 0 Å². The molecule has 4 heteroatoms. The fraction of sp³-hybridized carbons (Fsp3) is 0. The van der Waals surface area contributed by atoms with Crippen molar-refractivity contribution in [3.63, 3.8) is 0 Å². The van der Waals surface area contributed by atoms with E-state index in [2.05, 4.69) is 106 Å². The summed E-state index contributed by atoms with van der Waals surface area (Å²) >= 11 is 0. The van der Waals surface area contributed by atoms with Gasteiger partial charge in [0.05, 0.1) is 40.1 Å². The predicted molar refractivity (Wildman–Crippen MR) is 217 cm³/mol. The maximum atomic E-state index is 8.49. The van der Waals surface area contributed by atoms with E-state index in [9.17, 15) is 0 Å². The lowest BCUT2D eigenvalue weighted by molar-refractivity contribution is 1.01. The van der Waals surface area contributed by atoms with Crippen molar-refractivity contribution in [2.75, 3.05) is 0 Å². The Bertz CT molecular complexity index is 3450. The van der Waals surface area contributed by atoms with Crippen LogP contribution in [0.4, 0.5) is 0 Å². The highest BCUT2D eigenvalue weighted by atomic mass is 15.2. The number of para-hydroxylation sites is 3. The van der Waals surface area contributed by atoms with Gasteiger partial charge in [0.2, 0.25) is 5.95 Å². The molecular formula is C48H30N4. The molecule has 0 unspecified atom stereocenters. The molecule has 0 saturated heterocycles. The first-order valence-electron chi connectivity index (χ1n) is 19.8. The molecule has 11 aromatic rings. The van der Waals surface area contributed by atoms with E-state index in [0.29, 0.717) is 11.5 Å². The molecule has 0 aliphatic rings. The van der Waals surface area contributed by atoms with E-state index in [1.807, 2.05) is 54.6 Å². The summed E-state index contributed by atoms with van der Waals surface area (Å²) in [5.41, 5.74) is 8.40. The minimum Gasteiger partial charge on any atom is -0.309 e. The van der Waals surface area contributed by atoms with Crippen LogP contribution in [0.15, 0.2) is 182 Å². The molecule has 0 saturated carbocycles. The molecule has 4 nitrogen and oxygen atoms in total. The van der Waals surface area contributed by atoms with Crippen LogP contribution in [0.25, 0.3) is 99.3 Å². The van der Waals surface area contributed by atoms with Crippen LogP contribution >= 0.6 is 0 Å². The number of hydrogen-bond donors (Lipinski definition) is 0. The van der Waals surface area contributed by atoms with Crippen molar-refractivity contribution in [3.8, 4) is 34.0 Å². The molecule has 11 rings (SSSR count). The van der Waals surface area contributed by atoms with Crippen LogP contribution in [-0.2, 0) is 0 Å². The number of rotatable bonds is 4. The van der Waals surface area contributed by atoms with Crippen LogP contribution in [0.1, 0.15) is 6.85 Å². The van der Waals surface area contributed by atoms with Gasteiger partial charge in [0.1, 0.15) is 0 Å². The van der Waals surface area contributed by atoms with Crippen LogP contribution in [0, 0.1) is 0 Å². The molecule has 0 radical (unpaired) electrons. The normalized spacial score (nSPS) is 13.2. The molecule has 0 atom stereocenters. The van der Waals surface area contributed by atoms with Crippen molar-refractivity contribution in [2.45, 2.75) is 0 Å². The first-order valence-corrected chi connectivity index (χ1v) is 17.3. The molecule has 0 aliphatic carbocycles. The average Bonchev–Trinajstić information content (AvgIpc) is 3.76. The van der Waals surface area contributed by atoms with Gasteiger partial charge in [-0.2, -0.15) is 0 Å². The summed E-state index contributed by atoms with van der Waals surface area (Å²) in [6.07, 6.45) is 0. The SMILES string of the molecule is [2H]c1c([2H])c([2H])c(-c2ccc(-n3c4ccccc4c4cc(-c5nc(-n6c7ccccc7c7cc8ccccc8cc76)nc6ccccc56)ccc43)cc2)c([2H])c1[2H]. The van der Waals surface area contributed by atoms with Gasteiger partial charge in [-0.3, -0.25) is 4.57 Å². The van der Waals surface area contributed by atoms with Crippen LogP contribution in [-0.4, -0.2) is 19.1 Å². The van der Waals surface area contributed by atoms with E-state index in [1.54, 1.807) is 0 Å². The monoisotopic (exact) mass is 667 g/mol. The van der Waals surface area contributed by atoms with Crippen LogP contribution in [0.5, 0.6) is 0 Å². The van der Waals surface area contributed by atoms with Gasteiger partial charge in [0.15, 0.2) is 0 Å². The number of benzene rings is 8. The van der Waals surface area contributed by atoms with E-state index in [-0.39, 0.29) is 29.7 Å². The number of nitrogens with zero attached hydrogens (tertiary/aromatic N) is 4. The maximum Gasteiger partial charge on any atom is 0.235 e. The Kier molecular flexibility index (Phi) is 5.22. The summed E-state index contributed by atoms with van der Waals surface area (Å²) in [6, 6.07) is 50.3. The third-order valence-electron chi connectivity index (χ3n) is 10.2. The second-order valence-electron chi connectivity index (χ2n) is 13.1. The third kappa shape index (κ3) is 4.34. The zero-order valence-corrected chi connectivity index (χ0v) is 27.7. The van der Waals surface area contributed by atoms with Gasteiger partial charge < -0.3 is 4.57 Å². The van der Waals surface area contributed by atoms with Crippen molar-refractivity contribution < 1.29 is 6.85 Å². The van der Waals surface area contributed by atoms with E-state index in [4.69, 9.17) is 16.8 Å². The molecule has 0 amide bonds. The molecule has 0 bridgehead atoms. The molecule has 3 aromatic heterocycles. The molecule has 0 aliphatic heterocycles. The van der Waals surface area contributed by atoms with Crippen LogP contribution < -0.4 is 0 Å². The summed E-state index contributed by atoms with van der Waals surface area (Å²) in [4.78, 5) is 10.6. The Labute approximate surface area is 306 Å². The Hall–Kier alpha value is -7.04. The molecule has 52 heavy (non-hydrogen) atoms. The molecule has 0 spiro atoms. The number of fused-ring (bicyclic) bond motifs is 8. The highest BCUT2D eigenvalue weighted by Gasteiger charge is 2.19. The zero-order valence-electron chi connectivity index (χ0n) is 32.7. The molecule has 3 heterocycles. The molecule has 0 N–H and O–H groups in total. The lowest BCUT2D eigenvalue weighted by Crippen LogP contribution is -2.03. The summed E-state index contributed by atoms with van der Waals surface area (Å²) in [7, 11) is 0. The van der Waals surface area contributed by atoms with E-state index in [0.717, 1.165) is 76.8 Å². The summed E-state index contributed by atoms with van der Waals surface area (Å²) in [5.74, 6) is 0.604. The largest absolute Gasteiger partial charge is 0.309 e. The average molecular weight is 668 g/mol. The second kappa shape index (κ2) is 11.2. The number of hydrogen-bond acceptors (Lipinski definition) is 2. The van der Waals surface area contributed by atoms with Gasteiger partial charge in [-0.25, -0.2) is 9.97 Å². The van der Waals surface area contributed by atoms with Crippen LogP contribution in [0.3, 0.4) is 0 Å². The summed E-state index contributed by atoms with van der Waals surface area (Å²) < 4.78 is 45.7. The highest BCUT2D eigenvalue weighted by molar-refractivity contribution is 6.14. The molecule has 242 valence electrons. The van der Waals surface area contributed by atoms with Crippen molar-refractivity contribution in [2.24, 2.45) is 0 Å². The Morgan fingerprint density at radius 2 is 1.00 bits per heavy atom. The minimum absolute atomic E-state index is 0.185. The smallest absolute Gasteiger partial charge is 0.235 e. The Morgan fingerprint density at radius 1 is 0.404 bits per heavy atom. The maximum absolute atomic E-state index is 8.49. The van der Waals surface area contributed by atoms with E-state index in [1.165, 1.54) is 5.39 Å². The number of aromatic nitrogens is 4. The van der Waals surface area contributed by atoms with Crippen molar-refractivity contribution in [3.05, 3.63) is 182 Å². The minimum atomic E-state index is -0.401. The zero-order chi connectivity index (χ0) is 38.5. The Balaban J connectivity index is 1.10. The predicted octanol–water partition coefficient (Wildman–Crippen LogP) is 12.3. The summed E-state index contributed by atoms with van der Waals surface area (Å²) in [5, 5.41) is 7.73. The third-order valence-corrected chi connectivity index (χ3v) is 10.2. The fourth-order valence-corrected chi connectivity index (χ4v) is 7.82. The van der Waals surface area contributed by atoms with Gasteiger partial charge in [0, 0.05) is 38.2 Å². The topological polar surface area (TPSA) is 35.6 Å². The first kappa shape index (κ1) is 24.2. The van der Waals surface area contributed by atoms with Gasteiger partial charge in [-0.05, 0) is 76.5 Å². The summed E-state index contributed by atoms with van der Waals surface area (Å²) in [6.45, 7) is 0. The van der Waals surface area contributed by atoms with Crippen LogP contribution in [0.2, 0.25) is 0 Å². The molecule has 0 fully saturated rings. The fourth-order valence-electron chi connectivity index (χ4n) is 7.82. The van der Waals surface area contributed by atoms with Gasteiger partial charge in [-0.1, -0.05) is 127 Å². The van der Waals surface area contributed by atoms with Crippen molar-refractivity contribution in [1.82, 2.24) is 19.1 Å². The van der Waals surface area contributed by atoms with Gasteiger partial charge >= 0.3 is 0 Å². The van der Waals surface area contributed by atoms with E-state index < -0.39 is 6.04 Å². The van der Waals surface area contributed by atoms with Crippen molar-refractivity contribution in [1.29, 1.82) is 0 Å². The molecular weight excluding hydrogens is 633 g/mol. The molecule has 8 aromatic carbocycles. The van der Waals surface area contributed by atoms with Gasteiger partial charge in [-0.15, -0.1) is 0 Å². The quantitative estimate of drug-likeness (QED) is 0.187. The lowest BCUT2D eigenvalue weighted by atomic mass is 10.0. The Morgan fingerprint density at radius 3 is 1.77 bits per heavy atom. The van der Waals surface area contributed by atoms with Gasteiger partial charge in [0.25, 0.3) is 0 Å². The van der Waals surface area contributed by atoms with Crippen molar-refractivity contribution >= 4 is 65.3 Å². The second-order valence-corrected chi connectivity index (χ2v) is 13.1. The lowest BCUT2D eigenvalue weighted by Gasteiger charge is -2.13. The first-order chi connectivity index (χ1) is 27.9. The highest BCUT2D eigenvalue weighted by Crippen LogP contribution is 2.38. The standard InChI is InChI=1S/C48H30N4/c1-2-12-31(13-3-1)32-22-25-36(26-23-32)51-43-20-10-7-16-37(43)40-29-35(24-27-45(40)51)47-39-18-6-9-19-42(39)49-48(50-47)52-44-21-11-8-17-38(44)41-28-33-14-4-5-15-34(33)30-46(41)52/h1-30H/i1D,2D,3D,12D,13D.